The molecule has 1 aromatic rings. The molecule has 2 rings (SSSR count). The normalized spacial score (nSPS) is 19.9. The molecule has 1 atom stereocenters. The van der Waals surface area contributed by atoms with E-state index in [1.165, 1.54) is 0 Å². The van der Waals surface area contributed by atoms with Gasteiger partial charge in [0.05, 0.1) is 18.8 Å². The van der Waals surface area contributed by atoms with Crippen LogP contribution in [0.3, 0.4) is 0 Å². The number of aliphatic imine (C=N–C) groups is 1. The van der Waals surface area contributed by atoms with Crippen LogP contribution in [0.4, 0.5) is 5.69 Å². The number of nitrogens with one attached hydrogen (secondary N) is 1. The van der Waals surface area contributed by atoms with Crippen LogP contribution in [0.1, 0.15) is 6.92 Å². The maximum absolute atomic E-state index is 5.26. The Morgan fingerprint density at radius 3 is 2.93 bits per heavy atom. The number of hydrogen-bond acceptors (Lipinski definition) is 4. The lowest BCUT2D eigenvalue weighted by Crippen LogP contribution is -2.06. The van der Waals surface area contributed by atoms with Crippen molar-refractivity contribution < 1.29 is 4.74 Å². The SMILES string of the molecule is COc1ccccc1NC1=NC(C)CS1. The highest BCUT2D eigenvalue weighted by atomic mass is 32.2. The number of amidine groups is 1. The molecule has 0 spiro atoms. The van der Waals surface area contributed by atoms with E-state index in [-0.39, 0.29) is 0 Å². The zero-order valence-corrected chi connectivity index (χ0v) is 9.67. The van der Waals surface area contributed by atoms with Crippen LogP contribution in [0.2, 0.25) is 0 Å². The minimum atomic E-state index is 0.409. The summed E-state index contributed by atoms with van der Waals surface area (Å²) in [6.07, 6.45) is 0. The first-order chi connectivity index (χ1) is 7.29. The van der Waals surface area contributed by atoms with E-state index in [9.17, 15) is 0 Å². The Labute approximate surface area is 93.9 Å². The van der Waals surface area contributed by atoms with E-state index < -0.39 is 0 Å². The monoisotopic (exact) mass is 222 g/mol. The van der Waals surface area contributed by atoms with Crippen LogP contribution in [0.5, 0.6) is 5.75 Å². The molecule has 1 aromatic carbocycles. The zero-order chi connectivity index (χ0) is 10.7. The van der Waals surface area contributed by atoms with Crippen LogP contribution < -0.4 is 10.1 Å². The second kappa shape index (κ2) is 4.57. The first kappa shape index (κ1) is 10.4. The number of thioether (sulfide) groups is 1. The highest BCUT2D eigenvalue weighted by Crippen LogP contribution is 2.26. The Morgan fingerprint density at radius 2 is 2.27 bits per heavy atom. The molecule has 1 aliphatic heterocycles. The molecule has 3 nitrogen and oxygen atoms in total. The van der Waals surface area contributed by atoms with Gasteiger partial charge in [0.2, 0.25) is 0 Å². The average Bonchev–Trinajstić information content (AvgIpc) is 2.65. The van der Waals surface area contributed by atoms with Crippen molar-refractivity contribution in [2.45, 2.75) is 13.0 Å². The summed E-state index contributed by atoms with van der Waals surface area (Å²) in [7, 11) is 1.67. The third kappa shape index (κ3) is 2.45. The molecule has 1 aliphatic rings. The molecular formula is C11H14N2OS. The van der Waals surface area contributed by atoms with Gasteiger partial charge in [-0.25, -0.2) is 0 Å². The molecule has 1 N–H and O–H groups in total. The fourth-order valence-corrected chi connectivity index (χ4v) is 2.32. The van der Waals surface area contributed by atoms with E-state index in [4.69, 9.17) is 4.74 Å². The van der Waals surface area contributed by atoms with E-state index in [0.717, 1.165) is 22.4 Å². The maximum atomic E-state index is 5.26. The van der Waals surface area contributed by atoms with Crippen LogP contribution in [0, 0.1) is 0 Å². The number of benzene rings is 1. The molecule has 0 bridgehead atoms. The maximum Gasteiger partial charge on any atom is 0.161 e. The first-order valence-electron chi connectivity index (χ1n) is 4.90. The lowest BCUT2D eigenvalue weighted by atomic mass is 10.3. The number of anilines is 1. The Kier molecular flexibility index (Phi) is 3.16. The molecular weight excluding hydrogens is 208 g/mol. The molecule has 0 saturated carbocycles. The second-order valence-corrected chi connectivity index (χ2v) is 4.43. The van der Waals surface area contributed by atoms with E-state index in [0.29, 0.717) is 6.04 Å². The summed E-state index contributed by atoms with van der Waals surface area (Å²) >= 11 is 1.75. The van der Waals surface area contributed by atoms with Gasteiger partial charge in [0.15, 0.2) is 5.17 Å². The minimum Gasteiger partial charge on any atom is -0.495 e. The summed E-state index contributed by atoms with van der Waals surface area (Å²) in [6, 6.07) is 8.27. The van der Waals surface area contributed by atoms with Gasteiger partial charge in [-0.05, 0) is 19.1 Å². The van der Waals surface area contributed by atoms with Gasteiger partial charge in [-0.2, -0.15) is 0 Å². The van der Waals surface area contributed by atoms with Gasteiger partial charge in [0.1, 0.15) is 5.75 Å². The summed E-state index contributed by atoms with van der Waals surface area (Å²) in [5, 5.41) is 4.26. The standard InChI is InChI=1S/C11H14N2OS/c1-8-7-15-11(12-8)13-9-5-3-4-6-10(9)14-2/h3-6,8H,7H2,1-2H3,(H,12,13). The van der Waals surface area contributed by atoms with Crippen LogP contribution in [0.25, 0.3) is 0 Å². The van der Waals surface area contributed by atoms with Gasteiger partial charge in [-0.1, -0.05) is 23.9 Å². The number of rotatable bonds is 2. The third-order valence-electron chi connectivity index (χ3n) is 2.15. The smallest absolute Gasteiger partial charge is 0.161 e. The van der Waals surface area contributed by atoms with Gasteiger partial charge < -0.3 is 10.1 Å². The Morgan fingerprint density at radius 1 is 1.47 bits per heavy atom. The Bertz CT molecular complexity index is 379. The average molecular weight is 222 g/mol. The predicted octanol–water partition coefficient (Wildman–Crippen LogP) is 2.60. The topological polar surface area (TPSA) is 33.6 Å². The molecule has 15 heavy (non-hydrogen) atoms. The summed E-state index contributed by atoms with van der Waals surface area (Å²) in [5.41, 5.74) is 0.973. The number of ether oxygens (including phenoxy) is 1. The summed E-state index contributed by atoms with van der Waals surface area (Å²) in [6.45, 7) is 2.11. The van der Waals surface area contributed by atoms with Crippen LogP contribution in [-0.4, -0.2) is 24.1 Å². The van der Waals surface area contributed by atoms with E-state index in [1.807, 2.05) is 24.3 Å². The Hall–Kier alpha value is -1.16. The van der Waals surface area contributed by atoms with Crippen molar-refractivity contribution in [1.29, 1.82) is 0 Å². The van der Waals surface area contributed by atoms with Crippen molar-refractivity contribution in [1.82, 2.24) is 0 Å². The molecule has 0 amide bonds. The molecule has 4 heteroatoms. The van der Waals surface area contributed by atoms with Crippen LogP contribution >= 0.6 is 11.8 Å². The molecule has 1 unspecified atom stereocenters. The Balaban J connectivity index is 2.13. The molecule has 80 valence electrons. The van der Waals surface area contributed by atoms with Gasteiger partial charge in [-0.3, -0.25) is 4.99 Å². The van der Waals surface area contributed by atoms with Crippen molar-refractivity contribution in [2.24, 2.45) is 4.99 Å². The molecule has 0 aromatic heterocycles. The fourth-order valence-electron chi connectivity index (χ4n) is 1.41. The summed E-state index contributed by atoms with van der Waals surface area (Å²) in [4.78, 5) is 4.47. The highest BCUT2D eigenvalue weighted by molar-refractivity contribution is 8.14. The number of methoxy groups -OCH3 is 1. The van der Waals surface area contributed by atoms with Crippen molar-refractivity contribution in [3.8, 4) is 5.75 Å². The van der Waals surface area contributed by atoms with Crippen molar-refractivity contribution in [3.63, 3.8) is 0 Å². The van der Waals surface area contributed by atoms with Crippen LogP contribution in [0.15, 0.2) is 29.3 Å². The largest absolute Gasteiger partial charge is 0.495 e. The summed E-state index contributed by atoms with van der Waals surface area (Å²) in [5.74, 6) is 1.90. The second-order valence-electron chi connectivity index (χ2n) is 3.42. The van der Waals surface area contributed by atoms with Crippen molar-refractivity contribution >= 4 is 22.6 Å². The lowest BCUT2D eigenvalue weighted by molar-refractivity contribution is 0.417. The number of hydrogen-bond donors (Lipinski definition) is 1. The zero-order valence-electron chi connectivity index (χ0n) is 8.86. The third-order valence-corrected chi connectivity index (χ3v) is 3.28. The molecule has 1 heterocycles. The van der Waals surface area contributed by atoms with Crippen molar-refractivity contribution in [2.75, 3.05) is 18.2 Å². The van der Waals surface area contributed by atoms with Crippen LogP contribution in [-0.2, 0) is 0 Å². The summed E-state index contributed by atoms with van der Waals surface area (Å²) < 4.78 is 5.26. The predicted molar refractivity (Wildman–Crippen MR) is 66.0 cm³/mol. The molecule has 0 fully saturated rings. The van der Waals surface area contributed by atoms with Gasteiger partial charge in [-0.15, -0.1) is 0 Å². The van der Waals surface area contributed by atoms with E-state index in [1.54, 1.807) is 18.9 Å². The minimum absolute atomic E-state index is 0.409. The van der Waals surface area contributed by atoms with E-state index >= 15 is 0 Å². The molecule has 0 saturated heterocycles. The lowest BCUT2D eigenvalue weighted by Gasteiger charge is -2.09. The van der Waals surface area contributed by atoms with E-state index in [2.05, 4.69) is 17.2 Å². The number of nitrogens with zero attached hydrogens (tertiary/aromatic N) is 1. The van der Waals surface area contributed by atoms with Gasteiger partial charge in [0.25, 0.3) is 0 Å². The number of para-hydroxylation sites is 2. The van der Waals surface area contributed by atoms with Gasteiger partial charge >= 0.3 is 0 Å². The molecule has 0 radical (unpaired) electrons. The molecule has 0 aliphatic carbocycles. The van der Waals surface area contributed by atoms with Gasteiger partial charge in [0, 0.05) is 5.75 Å². The fraction of sp³-hybridized carbons (Fsp3) is 0.364. The quantitative estimate of drug-likeness (QED) is 0.835. The van der Waals surface area contributed by atoms with Crippen molar-refractivity contribution in [3.05, 3.63) is 24.3 Å². The first-order valence-corrected chi connectivity index (χ1v) is 5.89. The highest BCUT2D eigenvalue weighted by Gasteiger charge is 2.14.